The van der Waals surface area contributed by atoms with Gasteiger partial charge in [0.15, 0.2) is 6.61 Å². The summed E-state index contributed by atoms with van der Waals surface area (Å²) in [5.41, 5.74) is 4.78. The standard InChI is InChI=1S/C26H30N2O5.ClH/c29-23(18-32-24-9-5-2-6-10-24)17-27-14-13-21-11-12-25(33-19-26(30)28-31)22(16-21)15-20-7-3-1-4-8-20;/h1-12,16,23,27,29,31H,13-15,17-19H2,(H,28,30);1H. The Bertz CT molecular complexity index is 989. The van der Waals surface area contributed by atoms with Gasteiger partial charge in [-0.1, -0.05) is 60.7 Å². The Morgan fingerprint density at radius 1 is 0.912 bits per heavy atom. The molecule has 1 unspecified atom stereocenters. The van der Waals surface area contributed by atoms with E-state index in [2.05, 4.69) is 11.4 Å². The molecule has 0 aliphatic carbocycles. The summed E-state index contributed by atoms with van der Waals surface area (Å²) in [6.07, 6.45) is 0.825. The fourth-order valence-electron chi connectivity index (χ4n) is 3.33. The van der Waals surface area contributed by atoms with E-state index in [1.807, 2.05) is 72.8 Å². The van der Waals surface area contributed by atoms with Gasteiger partial charge >= 0.3 is 0 Å². The van der Waals surface area contributed by atoms with Gasteiger partial charge < -0.3 is 19.9 Å². The van der Waals surface area contributed by atoms with Crippen LogP contribution < -0.4 is 20.3 Å². The average molecular weight is 487 g/mol. The quantitative estimate of drug-likeness (QED) is 0.168. The Labute approximate surface area is 206 Å². The third kappa shape index (κ3) is 9.41. The highest BCUT2D eigenvalue weighted by atomic mass is 35.5. The van der Waals surface area contributed by atoms with Crippen LogP contribution in [-0.2, 0) is 17.6 Å². The molecule has 0 aromatic heterocycles. The van der Waals surface area contributed by atoms with Crippen LogP contribution in [0.2, 0.25) is 0 Å². The van der Waals surface area contributed by atoms with Crippen molar-refractivity contribution in [3.63, 3.8) is 0 Å². The smallest absolute Gasteiger partial charge is 0.281 e. The number of rotatable bonds is 13. The van der Waals surface area contributed by atoms with Gasteiger partial charge in [0.1, 0.15) is 24.2 Å². The number of aliphatic hydroxyl groups excluding tert-OH is 1. The Hall–Kier alpha value is -3.10. The molecule has 8 heteroatoms. The lowest BCUT2D eigenvalue weighted by Gasteiger charge is -2.15. The summed E-state index contributed by atoms with van der Waals surface area (Å²) in [6, 6.07) is 25.3. The summed E-state index contributed by atoms with van der Waals surface area (Å²) < 4.78 is 11.2. The predicted molar refractivity (Wildman–Crippen MR) is 133 cm³/mol. The molecule has 3 aromatic carbocycles. The molecule has 0 bridgehead atoms. The van der Waals surface area contributed by atoms with Crippen molar-refractivity contribution in [1.82, 2.24) is 10.8 Å². The van der Waals surface area contributed by atoms with Gasteiger partial charge in [0, 0.05) is 13.0 Å². The van der Waals surface area contributed by atoms with Gasteiger partial charge in [-0.05, 0) is 47.9 Å². The second-order valence-electron chi connectivity index (χ2n) is 7.66. The Morgan fingerprint density at radius 3 is 2.32 bits per heavy atom. The number of hydroxylamine groups is 1. The van der Waals surface area contributed by atoms with E-state index in [0.29, 0.717) is 25.3 Å². The monoisotopic (exact) mass is 486 g/mol. The summed E-state index contributed by atoms with van der Waals surface area (Å²) in [5.74, 6) is 0.734. The minimum atomic E-state index is -0.608. The summed E-state index contributed by atoms with van der Waals surface area (Å²) in [5, 5.41) is 22.1. The molecule has 0 aliphatic rings. The number of hydrogen-bond acceptors (Lipinski definition) is 6. The molecule has 0 saturated carbocycles. The fourth-order valence-corrected chi connectivity index (χ4v) is 3.33. The first-order valence-electron chi connectivity index (χ1n) is 10.9. The van der Waals surface area contributed by atoms with Crippen LogP contribution in [0.5, 0.6) is 11.5 Å². The number of aliphatic hydroxyl groups is 1. The minimum absolute atomic E-state index is 0. The molecule has 1 atom stereocenters. The number of para-hydroxylation sites is 1. The topological polar surface area (TPSA) is 100 Å². The van der Waals surface area contributed by atoms with Crippen LogP contribution >= 0.6 is 12.4 Å². The van der Waals surface area contributed by atoms with Crippen LogP contribution in [0.15, 0.2) is 78.9 Å². The summed E-state index contributed by atoms with van der Waals surface area (Å²) in [4.78, 5) is 11.4. The number of ether oxygens (including phenoxy) is 2. The number of carbonyl (C=O) groups is 1. The van der Waals surface area contributed by atoms with Crippen molar-refractivity contribution < 1.29 is 24.6 Å². The number of halogens is 1. The minimum Gasteiger partial charge on any atom is -0.491 e. The van der Waals surface area contributed by atoms with E-state index in [1.165, 1.54) is 0 Å². The lowest BCUT2D eigenvalue weighted by molar-refractivity contribution is -0.131. The molecule has 0 saturated heterocycles. The maximum Gasteiger partial charge on any atom is 0.281 e. The zero-order valence-corrected chi connectivity index (χ0v) is 19.7. The fraction of sp³-hybridized carbons (Fsp3) is 0.269. The molecule has 3 aromatic rings. The van der Waals surface area contributed by atoms with Crippen LogP contribution in [0.4, 0.5) is 0 Å². The van der Waals surface area contributed by atoms with Crippen LogP contribution in [-0.4, -0.2) is 48.6 Å². The van der Waals surface area contributed by atoms with Crippen molar-refractivity contribution in [2.24, 2.45) is 0 Å². The molecule has 0 heterocycles. The van der Waals surface area contributed by atoms with E-state index in [-0.39, 0.29) is 25.6 Å². The third-order valence-corrected chi connectivity index (χ3v) is 5.00. The largest absolute Gasteiger partial charge is 0.491 e. The molecule has 0 aliphatic heterocycles. The average Bonchev–Trinajstić information content (AvgIpc) is 2.86. The molecule has 4 N–H and O–H groups in total. The molecule has 3 rings (SSSR count). The van der Waals surface area contributed by atoms with Gasteiger partial charge in [0.2, 0.25) is 0 Å². The molecule has 0 fully saturated rings. The van der Waals surface area contributed by atoms with Crippen LogP contribution in [0.25, 0.3) is 0 Å². The number of carbonyl (C=O) groups excluding carboxylic acids is 1. The zero-order valence-electron chi connectivity index (χ0n) is 18.9. The van der Waals surface area contributed by atoms with Crippen molar-refractivity contribution in [2.75, 3.05) is 26.3 Å². The number of amides is 1. The number of nitrogens with one attached hydrogen (secondary N) is 2. The maximum atomic E-state index is 11.4. The Kier molecular flexibility index (Phi) is 11.9. The van der Waals surface area contributed by atoms with Crippen molar-refractivity contribution in [3.05, 3.63) is 95.6 Å². The van der Waals surface area contributed by atoms with Gasteiger partial charge in [-0.2, -0.15) is 0 Å². The highest BCUT2D eigenvalue weighted by Crippen LogP contribution is 2.24. The zero-order chi connectivity index (χ0) is 23.3. The second kappa shape index (κ2) is 14.9. The third-order valence-electron chi connectivity index (χ3n) is 5.00. The molecule has 1 amide bonds. The first-order chi connectivity index (χ1) is 16.1. The molecule has 7 nitrogen and oxygen atoms in total. The van der Waals surface area contributed by atoms with Gasteiger partial charge in [-0.25, -0.2) is 5.48 Å². The Balaban J connectivity index is 0.00000408. The molecular formula is C26H31ClN2O5. The first-order valence-corrected chi connectivity index (χ1v) is 10.9. The molecule has 34 heavy (non-hydrogen) atoms. The molecule has 0 spiro atoms. The lowest BCUT2D eigenvalue weighted by Crippen LogP contribution is -2.32. The highest BCUT2D eigenvalue weighted by Gasteiger charge is 2.10. The first kappa shape index (κ1) is 27.1. The van der Waals surface area contributed by atoms with Gasteiger partial charge in [0.25, 0.3) is 5.91 Å². The van der Waals surface area contributed by atoms with Crippen molar-refractivity contribution >= 4 is 18.3 Å². The van der Waals surface area contributed by atoms with Crippen LogP contribution in [0.1, 0.15) is 16.7 Å². The Morgan fingerprint density at radius 2 is 1.62 bits per heavy atom. The number of benzene rings is 3. The van der Waals surface area contributed by atoms with E-state index in [4.69, 9.17) is 14.7 Å². The van der Waals surface area contributed by atoms with Crippen LogP contribution in [0.3, 0.4) is 0 Å². The SMILES string of the molecule is Cl.O=C(COc1ccc(CCNCC(O)COc2ccccc2)cc1Cc1ccccc1)NO. The van der Waals surface area contributed by atoms with Gasteiger partial charge in [0.05, 0.1) is 0 Å². The summed E-state index contributed by atoms with van der Waals surface area (Å²) >= 11 is 0. The lowest BCUT2D eigenvalue weighted by atomic mass is 10.0. The maximum absolute atomic E-state index is 11.4. The van der Waals surface area contributed by atoms with E-state index in [9.17, 15) is 9.90 Å². The van der Waals surface area contributed by atoms with E-state index in [1.54, 1.807) is 5.48 Å². The molecule has 0 radical (unpaired) electrons. The van der Waals surface area contributed by atoms with Crippen molar-refractivity contribution in [1.29, 1.82) is 0 Å². The number of hydrogen-bond donors (Lipinski definition) is 4. The summed E-state index contributed by atoms with van der Waals surface area (Å²) in [6.45, 7) is 1.09. The van der Waals surface area contributed by atoms with Gasteiger partial charge in [-0.15, -0.1) is 12.4 Å². The van der Waals surface area contributed by atoms with E-state index >= 15 is 0 Å². The molecular weight excluding hydrogens is 456 g/mol. The predicted octanol–water partition coefficient (Wildman–Crippen LogP) is 3.16. The summed E-state index contributed by atoms with van der Waals surface area (Å²) in [7, 11) is 0. The molecule has 182 valence electrons. The van der Waals surface area contributed by atoms with E-state index < -0.39 is 12.0 Å². The highest BCUT2D eigenvalue weighted by molar-refractivity contribution is 5.85. The van der Waals surface area contributed by atoms with Crippen molar-refractivity contribution in [2.45, 2.75) is 18.9 Å². The normalized spacial score (nSPS) is 11.2. The van der Waals surface area contributed by atoms with Crippen molar-refractivity contribution in [3.8, 4) is 11.5 Å². The van der Waals surface area contributed by atoms with Gasteiger partial charge in [-0.3, -0.25) is 10.0 Å². The van der Waals surface area contributed by atoms with Crippen LogP contribution in [0, 0.1) is 0 Å². The second-order valence-corrected chi connectivity index (χ2v) is 7.66. The van der Waals surface area contributed by atoms with E-state index in [0.717, 1.165) is 28.9 Å².